The summed E-state index contributed by atoms with van der Waals surface area (Å²) in [4.78, 5) is 14.4. The predicted octanol–water partition coefficient (Wildman–Crippen LogP) is 2.65. The van der Waals surface area contributed by atoms with Crippen LogP contribution < -0.4 is 11.1 Å². The highest BCUT2D eigenvalue weighted by Crippen LogP contribution is 2.21. The molecule has 1 saturated heterocycles. The van der Waals surface area contributed by atoms with Gasteiger partial charge in [0.25, 0.3) is 0 Å². The molecule has 116 valence electrons. The number of nitrogens with two attached hydrogens (primary N) is 1. The van der Waals surface area contributed by atoms with E-state index >= 15 is 0 Å². The van der Waals surface area contributed by atoms with Gasteiger partial charge in [-0.1, -0.05) is 11.6 Å². The number of likely N-dealkylation sites (tertiary alicyclic amines) is 1. The average molecular weight is 310 g/mol. The van der Waals surface area contributed by atoms with Crippen LogP contribution in [0.4, 0.5) is 5.69 Å². The minimum Gasteiger partial charge on any atom is -0.330 e. The van der Waals surface area contributed by atoms with Gasteiger partial charge in [0.1, 0.15) is 0 Å². The number of hydrogen-bond donors (Lipinski definition) is 2. The van der Waals surface area contributed by atoms with Gasteiger partial charge in [0.2, 0.25) is 5.91 Å². The zero-order chi connectivity index (χ0) is 15.2. The highest BCUT2D eigenvalue weighted by Gasteiger charge is 2.21. The molecule has 0 radical (unpaired) electrons. The van der Waals surface area contributed by atoms with Crippen LogP contribution in [0.15, 0.2) is 18.2 Å². The average Bonchev–Trinajstić information content (AvgIpc) is 2.43. The highest BCUT2D eigenvalue weighted by molar-refractivity contribution is 6.30. The van der Waals surface area contributed by atoms with E-state index in [9.17, 15) is 4.79 Å². The Morgan fingerprint density at radius 3 is 3.05 bits per heavy atom. The molecule has 0 saturated carbocycles. The van der Waals surface area contributed by atoms with Gasteiger partial charge >= 0.3 is 0 Å². The number of aryl methyl sites for hydroxylation is 1. The van der Waals surface area contributed by atoms with E-state index in [2.05, 4.69) is 10.2 Å². The summed E-state index contributed by atoms with van der Waals surface area (Å²) in [6.07, 6.45) is 3.43. The molecule has 0 aromatic heterocycles. The van der Waals surface area contributed by atoms with Crippen molar-refractivity contribution in [1.82, 2.24) is 4.90 Å². The summed E-state index contributed by atoms with van der Waals surface area (Å²) < 4.78 is 0. The van der Waals surface area contributed by atoms with Gasteiger partial charge < -0.3 is 11.1 Å². The first-order chi connectivity index (χ1) is 10.1. The lowest BCUT2D eigenvalue weighted by Crippen LogP contribution is -2.41. The fourth-order valence-corrected chi connectivity index (χ4v) is 3.15. The lowest BCUT2D eigenvalue weighted by molar-refractivity contribution is -0.117. The summed E-state index contributed by atoms with van der Waals surface area (Å²) in [6, 6.07) is 5.50. The van der Waals surface area contributed by atoms with Crippen LogP contribution in [-0.4, -0.2) is 37.0 Å². The maximum absolute atomic E-state index is 12.2. The standard InChI is InChI=1S/C16H24ClN3O/c1-12-9-14(17)4-5-15(12)19-16(21)11-20-8-2-3-13(10-20)6-7-18/h4-5,9,13H,2-3,6-8,10-11,18H2,1H3,(H,19,21). The predicted molar refractivity (Wildman–Crippen MR) is 87.7 cm³/mol. The second-order valence-corrected chi connectivity index (χ2v) is 6.26. The Kier molecular flexibility index (Phi) is 6.03. The number of nitrogens with zero attached hydrogens (tertiary/aromatic N) is 1. The van der Waals surface area contributed by atoms with Gasteiger partial charge in [0.15, 0.2) is 0 Å². The van der Waals surface area contributed by atoms with Gasteiger partial charge in [0, 0.05) is 17.3 Å². The van der Waals surface area contributed by atoms with E-state index in [1.54, 1.807) is 6.07 Å². The number of halogens is 1. The van der Waals surface area contributed by atoms with Crippen molar-refractivity contribution in [3.63, 3.8) is 0 Å². The van der Waals surface area contributed by atoms with Crippen LogP contribution >= 0.6 is 11.6 Å². The van der Waals surface area contributed by atoms with Gasteiger partial charge in [0.05, 0.1) is 6.54 Å². The van der Waals surface area contributed by atoms with E-state index < -0.39 is 0 Å². The fourth-order valence-electron chi connectivity index (χ4n) is 2.93. The van der Waals surface area contributed by atoms with Crippen LogP contribution in [0, 0.1) is 12.8 Å². The largest absolute Gasteiger partial charge is 0.330 e. The minimum atomic E-state index is 0.0359. The molecule has 5 heteroatoms. The van der Waals surface area contributed by atoms with Crippen molar-refractivity contribution in [3.8, 4) is 0 Å². The Hall–Kier alpha value is -1.10. The molecule has 3 N–H and O–H groups in total. The summed E-state index contributed by atoms with van der Waals surface area (Å²) in [7, 11) is 0. The molecular weight excluding hydrogens is 286 g/mol. The number of amides is 1. The quantitative estimate of drug-likeness (QED) is 0.879. The van der Waals surface area contributed by atoms with Crippen molar-refractivity contribution < 1.29 is 4.79 Å². The number of benzene rings is 1. The molecule has 1 aliphatic rings. The van der Waals surface area contributed by atoms with Gasteiger partial charge in [-0.2, -0.15) is 0 Å². The second kappa shape index (κ2) is 7.78. The van der Waals surface area contributed by atoms with Crippen LogP contribution in [-0.2, 0) is 4.79 Å². The molecule has 0 aliphatic carbocycles. The van der Waals surface area contributed by atoms with E-state index in [1.165, 1.54) is 6.42 Å². The number of carbonyl (C=O) groups excluding carboxylic acids is 1. The van der Waals surface area contributed by atoms with Crippen molar-refractivity contribution in [2.75, 3.05) is 31.5 Å². The van der Waals surface area contributed by atoms with E-state index in [-0.39, 0.29) is 5.91 Å². The van der Waals surface area contributed by atoms with Gasteiger partial charge in [-0.3, -0.25) is 9.69 Å². The Balaban J connectivity index is 1.86. The molecule has 21 heavy (non-hydrogen) atoms. The van der Waals surface area contributed by atoms with Crippen molar-refractivity contribution in [2.24, 2.45) is 11.7 Å². The molecule has 1 heterocycles. The summed E-state index contributed by atoms with van der Waals surface area (Å²) in [6.45, 7) is 5.09. The number of nitrogens with one attached hydrogen (secondary N) is 1. The number of rotatable bonds is 5. The Morgan fingerprint density at radius 1 is 1.52 bits per heavy atom. The van der Waals surface area contributed by atoms with Crippen LogP contribution in [0.5, 0.6) is 0 Å². The molecule has 1 fully saturated rings. The minimum absolute atomic E-state index is 0.0359. The van der Waals surface area contributed by atoms with E-state index in [4.69, 9.17) is 17.3 Å². The lowest BCUT2D eigenvalue weighted by Gasteiger charge is -2.32. The SMILES string of the molecule is Cc1cc(Cl)ccc1NC(=O)CN1CCCC(CCN)C1. The molecule has 0 spiro atoms. The topological polar surface area (TPSA) is 58.4 Å². The molecule has 2 rings (SSSR count). The molecule has 4 nitrogen and oxygen atoms in total. The number of carbonyl (C=O) groups is 1. The first kappa shape index (κ1) is 16.3. The van der Waals surface area contributed by atoms with Gasteiger partial charge in [-0.25, -0.2) is 0 Å². The van der Waals surface area contributed by atoms with Gasteiger partial charge in [-0.05, 0) is 69.0 Å². The number of hydrogen-bond acceptors (Lipinski definition) is 3. The molecule has 1 unspecified atom stereocenters. The lowest BCUT2D eigenvalue weighted by atomic mass is 9.95. The number of piperidine rings is 1. The summed E-state index contributed by atoms with van der Waals surface area (Å²) >= 11 is 5.92. The third-order valence-electron chi connectivity index (χ3n) is 4.01. The van der Waals surface area contributed by atoms with Crippen LogP contribution in [0.25, 0.3) is 0 Å². The zero-order valence-electron chi connectivity index (χ0n) is 12.6. The maximum Gasteiger partial charge on any atom is 0.238 e. The highest BCUT2D eigenvalue weighted by atomic mass is 35.5. The smallest absolute Gasteiger partial charge is 0.238 e. The first-order valence-electron chi connectivity index (χ1n) is 7.57. The Morgan fingerprint density at radius 2 is 2.33 bits per heavy atom. The second-order valence-electron chi connectivity index (χ2n) is 5.83. The fraction of sp³-hybridized carbons (Fsp3) is 0.562. The summed E-state index contributed by atoms with van der Waals surface area (Å²) in [5.74, 6) is 0.669. The van der Waals surface area contributed by atoms with Crippen LogP contribution in [0.3, 0.4) is 0 Å². The molecule has 0 bridgehead atoms. The van der Waals surface area contributed by atoms with Crippen molar-refractivity contribution in [3.05, 3.63) is 28.8 Å². The third-order valence-corrected chi connectivity index (χ3v) is 4.24. The molecule has 1 aromatic rings. The third kappa shape index (κ3) is 4.99. The zero-order valence-corrected chi connectivity index (χ0v) is 13.3. The van der Waals surface area contributed by atoms with E-state index in [0.29, 0.717) is 17.5 Å². The van der Waals surface area contributed by atoms with E-state index in [0.717, 1.165) is 43.7 Å². The molecule has 1 atom stereocenters. The van der Waals surface area contributed by atoms with Gasteiger partial charge in [-0.15, -0.1) is 0 Å². The molecule has 1 amide bonds. The summed E-state index contributed by atoms with van der Waals surface area (Å²) in [5, 5.41) is 3.65. The van der Waals surface area contributed by atoms with Crippen molar-refractivity contribution in [1.29, 1.82) is 0 Å². The molecule has 1 aliphatic heterocycles. The van der Waals surface area contributed by atoms with Crippen molar-refractivity contribution in [2.45, 2.75) is 26.2 Å². The van der Waals surface area contributed by atoms with E-state index in [1.807, 2.05) is 19.1 Å². The number of anilines is 1. The maximum atomic E-state index is 12.2. The Labute approximate surface area is 131 Å². The molecule has 1 aromatic carbocycles. The van der Waals surface area contributed by atoms with Crippen LogP contribution in [0.2, 0.25) is 5.02 Å². The monoisotopic (exact) mass is 309 g/mol. The normalized spacial score (nSPS) is 19.5. The Bertz CT molecular complexity index is 490. The van der Waals surface area contributed by atoms with Crippen LogP contribution in [0.1, 0.15) is 24.8 Å². The molecular formula is C16H24ClN3O. The first-order valence-corrected chi connectivity index (χ1v) is 7.94. The summed E-state index contributed by atoms with van der Waals surface area (Å²) in [5.41, 5.74) is 7.44. The van der Waals surface area contributed by atoms with Crippen molar-refractivity contribution >= 4 is 23.2 Å².